The van der Waals surface area contributed by atoms with Crippen LogP contribution in [-0.2, 0) is 11.0 Å². The summed E-state index contributed by atoms with van der Waals surface area (Å²) in [6.45, 7) is 6.97. The van der Waals surface area contributed by atoms with Crippen LogP contribution in [0.3, 0.4) is 0 Å². The van der Waals surface area contributed by atoms with Crippen LogP contribution in [0, 0.1) is 6.92 Å². The van der Waals surface area contributed by atoms with Crippen molar-refractivity contribution in [1.29, 1.82) is 0 Å². The van der Waals surface area contributed by atoms with Crippen molar-refractivity contribution in [1.82, 2.24) is 14.9 Å². The fourth-order valence-electron chi connectivity index (χ4n) is 2.77. The average Bonchev–Trinajstić information content (AvgIpc) is 2.88. The number of aliphatic hydroxyl groups is 1. The summed E-state index contributed by atoms with van der Waals surface area (Å²) < 4.78 is 39.5. The van der Waals surface area contributed by atoms with Crippen molar-refractivity contribution in [3.05, 3.63) is 41.4 Å². The van der Waals surface area contributed by atoms with Crippen molar-refractivity contribution < 1.29 is 23.1 Å². The zero-order chi connectivity index (χ0) is 22.4. The number of Topliss-reactive ketones (excluding diaryl/α,β-unsaturated/α-hetero) is 1. The molecule has 0 fully saturated rings. The molecular formula is C20H29F3N4O2. The third kappa shape index (κ3) is 7.41. The molecule has 0 spiro atoms. The van der Waals surface area contributed by atoms with Crippen LogP contribution < -0.4 is 11.1 Å². The van der Waals surface area contributed by atoms with Crippen molar-refractivity contribution in [2.45, 2.75) is 58.7 Å². The van der Waals surface area contributed by atoms with Gasteiger partial charge in [-0.15, -0.1) is 0 Å². The number of pyridine rings is 1. The highest BCUT2D eigenvalue weighted by molar-refractivity contribution is 5.79. The van der Waals surface area contributed by atoms with Crippen LogP contribution in [-0.4, -0.2) is 33.2 Å². The Morgan fingerprint density at radius 1 is 1.38 bits per heavy atom. The number of halogens is 3. The number of nitrogens with one attached hydrogen (secondary N) is 1. The van der Waals surface area contributed by atoms with Gasteiger partial charge in [-0.1, -0.05) is 6.92 Å². The standard InChI is InChI=1S/C12H13F3N4.C8H16O2/c1-7-11(9(16)6-17-2)10-5-8(12(13,14)15)3-4-19(10)18-7;1-4-5-7(9)6-8(2,3)10/h3-6,17H,16H2,1-2H3;10H,4-6H2,1-3H3/b9-6-;. The van der Waals surface area contributed by atoms with E-state index in [1.54, 1.807) is 27.8 Å². The molecule has 2 heterocycles. The van der Waals surface area contributed by atoms with Gasteiger partial charge in [-0.3, -0.25) is 4.79 Å². The summed E-state index contributed by atoms with van der Waals surface area (Å²) in [5, 5.41) is 16.1. The molecule has 0 saturated heterocycles. The predicted molar refractivity (Wildman–Crippen MR) is 107 cm³/mol. The third-order valence-corrected chi connectivity index (χ3v) is 3.88. The zero-order valence-corrected chi connectivity index (χ0v) is 17.4. The zero-order valence-electron chi connectivity index (χ0n) is 17.4. The summed E-state index contributed by atoms with van der Waals surface area (Å²) >= 11 is 0. The normalized spacial score (nSPS) is 12.5. The molecule has 2 aromatic rings. The van der Waals surface area contributed by atoms with Crippen LogP contribution in [0.2, 0.25) is 0 Å². The number of fused-ring (bicyclic) bond motifs is 1. The number of alkyl halides is 3. The number of hydrogen-bond donors (Lipinski definition) is 3. The highest BCUT2D eigenvalue weighted by atomic mass is 19.4. The van der Waals surface area contributed by atoms with Gasteiger partial charge >= 0.3 is 6.18 Å². The molecule has 0 aromatic carbocycles. The number of carbonyl (C=O) groups excluding carboxylic acids is 1. The molecule has 0 saturated carbocycles. The van der Waals surface area contributed by atoms with Crippen molar-refractivity contribution in [2.75, 3.05) is 7.05 Å². The van der Waals surface area contributed by atoms with E-state index in [0.29, 0.717) is 28.9 Å². The SMILES string of the molecule is CCCC(=O)CC(C)(C)O.CN/C=C(\N)c1c(C)nn2ccc(C(F)(F)F)cc12. The number of nitrogens with zero attached hydrogens (tertiary/aromatic N) is 2. The van der Waals surface area contributed by atoms with E-state index in [0.717, 1.165) is 18.6 Å². The number of aryl methyl sites for hydroxylation is 1. The highest BCUT2D eigenvalue weighted by Crippen LogP contribution is 2.31. The van der Waals surface area contributed by atoms with E-state index in [9.17, 15) is 23.1 Å². The van der Waals surface area contributed by atoms with E-state index >= 15 is 0 Å². The number of ketones is 1. The van der Waals surface area contributed by atoms with E-state index in [4.69, 9.17) is 5.73 Å². The summed E-state index contributed by atoms with van der Waals surface area (Å²) in [7, 11) is 1.66. The molecular weight excluding hydrogens is 385 g/mol. The first-order valence-electron chi connectivity index (χ1n) is 9.23. The predicted octanol–water partition coefficient (Wildman–Crippen LogP) is 3.65. The minimum atomic E-state index is -4.39. The van der Waals surface area contributed by atoms with Gasteiger partial charge in [-0.2, -0.15) is 18.3 Å². The second-order valence-corrected chi connectivity index (χ2v) is 7.37. The first-order valence-corrected chi connectivity index (χ1v) is 9.23. The smallest absolute Gasteiger partial charge is 0.397 e. The molecule has 2 aromatic heterocycles. The van der Waals surface area contributed by atoms with Crippen molar-refractivity contribution in [3.8, 4) is 0 Å². The van der Waals surface area contributed by atoms with Gasteiger partial charge in [0.05, 0.1) is 28.1 Å². The van der Waals surface area contributed by atoms with Gasteiger partial charge in [0.2, 0.25) is 0 Å². The molecule has 0 unspecified atom stereocenters. The van der Waals surface area contributed by atoms with Gasteiger partial charge in [-0.25, -0.2) is 4.52 Å². The summed E-state index contributed by atoms with van der Waals surface area (Å²) in [6.07, 6.45) is 0.143. The van der Waals surface area contributed by atoms with Crippen LogP contribution in [0.5, 0.6) is 0 Å². The molecule has 0 amide bonds. The van der Waals surface area contributed by atoms with Gasteiger partial charge in [0.25, 0.3) is 0 Å². The summed E-state index contributed by atoms with van der Waals surface area (Å²) in [5.74, 6) is 0.148. The molecule has 6 nitrogen and oxygen atoms in total. The van der Waals surface area contributed by atoms with Gasteiger partial charge in [0.15, 0.2) is 0 Å². The second kappa shape index (κ2) is 9.78. The maximum absolute atomic E-state index is 12.7. The largest absolute Gasteiger partial charge is 0.416 e. The van der Waals surface area contributed by atoms with E-state index in [1.807, 2.05) is 6.92 Å². The van der Waals surface area contributed by atoms with Gasteiger partial charge in [-0.05, 0) is 39.3 Å². The fraction of sp³-hybridized carbons (Fsp3) is 0.500. The number of hydrogen-bond acceptors (Lipinski definition) is 5. The Morgan fingerprint density at radius 3 is 2.48 bits per heavy atom. The molecule has 9 heteroatoms. The molecule has 0 bridgehead atoms. The first kappa shape index (κ1) is 24.5. The van der Waals surface area contributed by atoms with E-state index in [2.05, 4.69) is 10.4 Å². The topological polar surface area (TPSA) is 92.6 Å². The summed E-state index contributed by atoms with van der Waals surface area (Å²) in [5.41, 5.74) is 6.03. The molecule has 4 N–H and O–H groups in total. The van der Waals surface area contributed by atoms with Crippen molar-refractivity contribution in [3.63, 3.8) is 0 Å². The molecule has 29 heavy (non-hydrogen) atoms. The minimum Gasteiger partial charge on any atom is -0.397 e. The van der Waals surface area contributed by atoms with Crippen LogP contribution in [0.1, 0.15) is 56.9 Å². The third-order valence-electron chi connectivity index (χ3n) is 3.88. The lowest BCUT2D eigenvalue weighted by molar-refractivity contribution is -0.137. The molecule has 162 valence electrons. The molecule has 2 rings (SSSR count). The molecule has 0 aliphatic heterocycles. The Morgan fingerprint density at radius 2 is 2.00 bits per heavy atom. The quantitative estimate of drug-likeness (QED) is 0.671. The molecule has 0 aliphatic rings. The van der Waals surface area contributed by atoms with Gasteiger partial charge in [0, 0.05) is 37.8 Å². The monoisotopic (exact) mass is 414 g/mol. The number of aromatic nitrogens is 2. The Labute approximate surface area is 168 Å². The average molecular weight is 414 g/mol. The molecule has 0 atom stereocenters. The highest BCUT2D eigenvalue weighted by Gasteiger charge is 2.31. The fourth-order valence-corrected chi connectivity index (χ4v) is 2.77. The van der Waals surface area contributed by atoms with Gasteiger partial charge in [0.1, 0.15) is 5.78 Å². The lowest BCUT2D eigenvalue weighted by Gasteiger charge is -2.14. The second-order valence-electron chi connectivity index (χ2n) is 7.37. The number of carbonyl (C=O) groups is 1. The summed E-state index contributed by atoms with van der Waals surface area (Å²) in [6, 6.07) is 2.03. The maximum Gasteiger partial charge on any atom is 0.416 e. The summed E-state index contributed by atoms with van der Waals surface area (Å²) in [4.78, 5) is 10.9. The van der Waals surface area contributed by atoms with Crippen LogP contribution >= 0.6 is 0 Å². The van der Waals surface area contributed by atoms with Gasteiger partial charge < -0.3 is 16.2 Å². The minimum absolute atomic E-state index is 0.148. The Balaban J connectivity index is 0.000000359. The van der Waals surface area contributed by atoms with E-state index < -0.39 is 17.3 Å². The van der Waals surface area contributed by atoms with Crippen molar-refractivity contribution >= 4 is 17.0 Å². The number of nitrogens with two attached hydrogens (primary N) is 1. The Hall–Kier alpha value is -2.55. The maximum atomic E-state index is 12.7. The van der Waals surface area contributed by atoms with Crippen LogP contribution in [0.15, 0.2) is 24.5 Å². The van der Waals surface area contributed by atoms with Crippen LogP contribution in [0.25, 0.3) is 11.2 Å². The van der Waals surface area contributed by atoms with Crippen molar-refractivity contribution in [2.24, 2.45) is 5.73 Å². The van der Waals surface area contributed by atoms with Crippen LogP contribution in [0.4, 0.5) is 13.2 Å². The Kier molecular flexibility index (Phi) is 8.25. The molecule has 0 radical (unpaired) electrons. The number of rotatable bonds is 6. The first-order chi connectivity index (χ1) is 13.3. The molecule has 0 aliphatic carbocycles. The van der Waals surface area contributed by atoms with E-state index in [1.165, 1.54) is 16.9 Å². The lowest BCUT2D eigenvalue weighted by Crippen LogP contribution is -2.22. The van der Waals surface area contributed by atoms with E-state index in [-0.39, 0.29) is 12.2 Å². The Bertz CT molecular complexity index is 865. The lowest BCUT2D eigenvalue weighted by atomic mass is 10.00.